The Labute approximate surface area is 182 Å². The number of halogens is 1. The largest absolute Gasteiger partial charge is 0.323 e. The molecule has 0 unspecified atom stereocenters. The number of hydrogen-bond acceptors (Lipinski definition) is 4. The summed E-state index contributed by atoms with van der Waals surface area (Å²) in [5.74, 6) is -0.894. The summed E-state index contributed by atoms with van der Waals surface area (Å²) in [5, 5.41) is 3.48. The second-order valence-electron chi connectivity index (χ2n) is 7.16. The normalized spacial score (nSPS) is 10.9. The lowest BCUT2D eigenvalue weighted by molar-refractivity contribution is -0.113. The third-order valence-corrected chi connectivity index (χ3v) is 5.77. The van der Waals surface area contributed by atoms with Crippen molar-refractivity contribution in [1.82, 2.24) is 9.55 Å². The number of thioether (sulfide) groups is 1. The number of amides is 1. The molecule has 0 saturated carbocycles. The van der Waals surface area contributed by atoms with Crippen LogP contribution in [0.15, 0.2) is 76.7 Å². The first-order chi connectivity index (χ1) is 14.9. The van der Waals surface area contributed by atoms with Crippen molar-refractivity contribution >= 4 is 34.3 Å². The van der Waals surface area contributed by atoms with Gasteiger partial charge in [-0.1, -0.05) is 48.2 Å². The maximum absolute atomic E-state index is 14.1. The lowest BCUT2D eigenvalue weighted by Gasteiger charge is -2.15. The quantitative estimate of drug-likeness (QED) is 0.360. The van der Waals surface area contributed by atoms with E-state index in [1.54, 1.807) is 31.2 Å². The molecule has 0 fully saturated rings. The Hall–Kier alpha value is -3.45. The van der Waals surface area contributed by atoms with Crippen LogP contribution in [-0.4, -0.2) is 21.2 Å². The molecule has 0 aliphatic carbocycles. The van der Waals surface area contributed by atoms with Gasteiger partial charge in [0.05, 0.1) is 28.0 Å². The maximum atomic E-state index is 14.1. The standard InChI is InChI=1S/C24H20FN3O2S/c1-15-11-12-20(18(25)13-15)26-22(29)14-31-24-27-19-9-5-4-8-17(19)23(30)28(24)21-10-6-3-7-16(21)2/h3-13H,14H2,1-2H3,(H,26,29). The smallest absolute Gasteiger partial charge is 0.266 e. The van der Waals surface area contributed by atoms with Crippen LogP contribution in [0.3, 0.4) is 0 Å². The molecule has 1 aromatic heterocycles. The predicted octanol–water partition coefficient (Wildman–Crippen LogP) is 4.87. The molecule has 0 radical (unpaired) electrons. The lowest BCUT2D eigenvalue weighted by Crippen LogP contribution is -2.23. The van der Waals surface area contributed by atoms with Gasteiger partial charge in [-0.25, -0.2) is 9.37 Å². The summed E-state index contributed by atoms with van der Waals surface area (Å²) in [5.41, 5.74) is 2.87. The summed E-state index contributed by atoms with van der Waals surface area (Å²) in [6.45, 7) is 3.69. The molecule has 4 aromatic rings. The molecule has 7 heteroatoms. The summed E-state index contributed by atoms with van der Waals surface area (Å²) >= 11 is 1.13. The molecule has 5 nitrogen and oxygen atoms in total. The Kier molecular flexibility index (Phi) is 5.86. The zero-order valence-electron chi connectivity index (χ0n) is 17.1. The number of benzene rings is 3. The number of nitrogens with zero attached hydrogens (tertiary/aromatic N) is 2. The van der Waals surface area contributed by atoms with E-state index in [9.17, 15) is 14.0 Å². The average Bonchev–Trinajstić information content (AvgIpc) is 2.75. The van der Waals surface area contributed by atoms with Gasteiger partial charge in [0.15, 0.2) is 5.16 Å². The molecule has 3 aromatic carbocycles. The zero-order valence-corrected chi connectivity index (χ0v) is 17.9. The molecule has 0 saturated heterocycles. The van der Waals surface area contributed by atoms with Crippen LogP contribution in [0.5, 0.6) is 0 Å². The van der Waals surface area contributed by atoms with Gasteiger partial charge in [-0.3, -0.25) is 14.2 Å². The van der Waals surface area contributed by atoms with Crippen LogP contribution >= 0.6 is 11.8 Å². The van der Waals surface area contributed by atoms with E-state index >= 15 is 0 Å². The van der Waals surface area contributed by atoms with Gasteiger partial charge in [0, 0.05) is 0 Å². The number of para-hydroxylation sites is 2. The molecule has 4 rings (SSSR count). The highest BCUT2D eigenvalue weighted by Gasteiger charge is 2.16. The van der Waals surface area contributed by atoms with Gasteiger partial charge < -0.3 is 5.32 Å². The molecule has 1 heterocycles. The SMILES string of the molecule is Cc1ccc(NC(=O)CSc2nc3ccccc3c(=O)n2-c2ccccc2C)c(F)c1. The first-order valence-electron chi connectivity index (χ1n) is 9.70. The number of carbonyl (C=O) groups excluding carboxylic acids is 1. The number of aromatic nitrogens is 2. The molecule has 156 valence electrons. The van der Waals surface area contributed by atoms with Gasteiger partial charge in [0.25, 0.3) is 5.56 Å². The van der Waals surface area contributed by atoms with E-state index < -0.39 is 5.82 Å². The van der Waals surface area contributed by atoms with Gasteiger partial charge >= 0.3 is 0 Å². The highest BCUT2D eigenvalue weighted by molar-refractivity contribution is 7.99. The summed E-state index contributed by atoms with van der Waals surface area (Å²) in [6, 6.07) is 19.3. The second kappa shape index (κ2) is 8.73. The Morgan fingerprint density at radius 3 is 2.58 bits per heavy atom. The van der Waals surface area contributed by atoms with Gasteiger partial charge in [-0.15, -0.1) is 0 Å². The van der Waals surface area contributed by atoms with Crippen molar-refractivity contribution in [2.75, 3.05) is 11.1 Å². The Bertz CT molecular complexity index is 1350. The van der Waals surface area contributed by atoms with Crippen LogP contribution < -0.4 is 10.9 Å². The fraction of sp³-hybridized carbons (Fsp3) is 0.125. The summed E-state index contributed by atoms with van der Waals surface area (Å²) < 4.78 is 15.6. The number of anilines is 1. The minimum absolute atomic E-state index is 0.0238. The van der Waals surface area contributed by atoms with Crippen LogP contribution in [0.2, 0.25) is 0 Å². The van der Waals surface area contributed by atoms with Crippen LogP contribution in [0.25, 0.3) is 16.6 Å². The number of hydrogen-bond donors (Lipinski definition) is 1. The molecule has 0 aliphatic heterocycles. The molecule has 0 atom stereocenters. The third kappa shape index (κ3) is 4.36. The molecule has 1 amide bonds. The van der Waals surface area contributed by atoms with E-state index in [4.69, 9.17) is 0 Å². The van der Waals surface area contributed by atoms with E-state index in [0.717, 1.165) is 22.9 Å². The zero-order chi connectivity index (χ0) is 22.0. The topological polar surface area (TPSA) is 64.0 Å². The van der Waals surface area contributed by atoms with Gasteiger partial charge in [-0.2, -0.15) is 0 Å². The van der Waals surface area contributed by atoms with Crippen LogP contribution in [-0.2, 0) is 4.79 Å². The molecule has 1 N–H and O–H groups in total. The van der Waals surface area contributed by atoms with E-state index in [0.29, 0.717) is 21.7 Å². The number of carbonyl (C=O) groups is 1. The van der Waals surface area contributed by atoms with E-state index in [2.05, 4.69) is 10.3 Å². The van der Waals surface area contributed by atoms with E-state index in [1.807, 2.05) is 37.3 Å². The first kappa shape index (κ1) is 20.8. The van der Waals surface area contributed by atoms with Crippen LogP contribution in [0, 0.1) is 19.7 Å². The van der Waals surface area contributed by atoms with E-state index in [-0.39, 0.29) is 22.9 Å². The minimum Gasteiger partial charge on any atom is -0.323 e. The minimum atomic E-state index is -0.487. The van der Waals surface area contributed by atoms with Crippen molar-refractivity contribution in [3.05, 3.63) is 94.0 Å². The number of fused-ring (bicyclic) bond motifs is 1. The van der Waals surface area contributed by atoms with Crippen molar-refractivity contribution in [2.45, 2.75) is 19.0 Å². The van der Waals surface area contributed by atoms with Crippen molar-refractivity contribution in [1.29, 1.82) is 0 Å². The Balaban J connectivity index is 1.68. The van der Waals surface area contributed by atoms with Crippen LogP contribution in [0.4, 0.5) is 10.1 Å². The molecule has 0 spiro atoms. The third-order valence-electron chi connectivity index (χ3n) is 4.83. The average molecular weight is 434 g/mol. The molecule has 0 bridgehead atoms. The second-order valence-corrected chi connectivity index (χ2v) is 8.10. The van der Waals surface area contributed by atoms with Crippen molar-refractivity contribution < 1.29 is 9.18 Å². The number of rotatable bonds is 5. The summed E-state index contributed by atoms with van der Waals surface area (Å²) in [4.78, 5) is 30.4. The number of aryl methyl sites for hydroxylation is 2. The van der Waals surface area contributed by atoms with Crippen LogP contribution in [0.1, 0.15) is 11.1 Å². The van der Waals surface area contributed by atoms with Crippen molar-refractivity contribution in [3.8, 4) is 5.69 Å². The molecular weight excluding hydrogens is 413 g/mol. The van der Waals surface area contributed by atoms with Gasteiger partial charge in [0.2, 0.25) is 5.91 Å². The van der Waals surface area contributed by atoms with E-state index in [1.165, 1.54) is 16.7 Å². The molecule has 31 heavy (non-hydrogen) atoms. The lowest BCUT2D eigenvalue weighted by atomic mass is 10.2. The highest BCUT2D eigenvalue weighted by atomic mass is 32.2. The van der Waals surface area contributed by atoms with Crippen molar-refractivity contribution in [3.63, 3.8) is 0 Å². The molecule has 0 aliphatic rings. The Morgan fingerprint density at radius 2 is 1.81 bits per heavy atom. The fourth-order valence-electron chi connectivity index (χ4n) is 3.27. The molecular formula is C24H20FN3O2S. The van der Waals surface area contributed by atoms with Crippen molar-refractivity contribution in [2.24, 2.45) is 0 Å². The Morgan fingerprint density at radius 1 is 1.06 bits per heavy atom. The fourth-order valence-corrected chi connectivity index (χ4v) is 4.08. The predicted molar refractivity (Wildman–Crippen MR) is 123 cm³/mol. The summed E-state index contributed by atoms with van der Waals surface area (Å²) in [7, 11) is 0. The first-order valence-corrected chi connectivity index (χ1v) is 10.7. The summed E-state index contributed by atoms with van der Waals surface area (Å²) in [6.07, 6.45) is 0. The van der Waals surface area contributed by atoms with Gasteiger partial charge in [-0.05, 0) is 55.3 Å². The monoisotopic (exact) mass is 433 g/mol. The highest BCUT2D eigenvalue weighted by Crippen LogP contribution is 2.23. The number of nitrogens with one attached hydrogen (secondary N) is 1. The van der Waals surface area contributed by atoms with Gasteiger partial charge in [0.1, 0.15) is 5.82 Å². The maximum Gasteiger partial charge on any atom is 0.266 e.